The molecule has 5 nitrogen and oxygen atoms in total. The first-order valence-electron chi connectivity index (χ1n) is 8.08. The Morgan fingerprint density at radius 1 is 1.04 bits per heavy atom. The maximum absolute atomic E-state index is 12.4. The second kappa shape index (κ2) is 6.77. The zero-order valence-corrected chi connectivity index (χ0v) is 13.6. The number of amides is 1. The van der Waals surface area contributed by atoms with Gasteiger partial charge in [0.15, 0.2) is 0 Å². The lowest BCUT2D eigenvalue weighted by molar-refractivity contribution is 0.102. The average molecular weight is 310 g/mol. The summed E-state index contributed by atoms with van der Waals surface area (Å²) in [5.74, 6) is 0.504. The van der Waals surface area contributed by atoms with E-state index in [4.69, 9.17) is 0 Å². The van der Waals surface area contributed by atoms with E-state index in [9.17, 15) is 4.79 Å². The van der Waals surface area contributed by atoms with Crippen LogP contribution in [0.2, 0.25) is 0 Å². The molecule has 0 saturated heterocycles. The van der Waals surface area contributed by atoms with E-state index in [0.717, 1.165) is 35.5 Å². The molecule has 0 aliphatic heterocycles. The van der Waals surface area contributed by atoms with Gasteiger partial charge in [0.05, 0.1) is 0 Å². The predicted octanol–water partition coefficient (Wildman–Crippen LogP) is 3.70. The number of benzene rings is 1. The summed E-state index contributed by atoms with van der Waals surface area (Å²) < 4.78 is 0. The fourth-order valence-corrected chi connectivity index (χ4v) is 3.08. The van der Waals surface area contributed by atoms with Crippen molar-refractivity contribution in [2.45, 2.75) is 45.6 Å². The SMILES string of the molecule is Cc1cc(C)cc(NC(=O)c2cc(NC3CCCC3)ncn2)c1. The number of hydrogen-bond donors (Lipinski definition) is 2. The maximum Gasteiger partial charge on any atom is 0.274 e. The molecule has 0 radical (unpaired) electrons. The third kappa shape index (κ3) is 4.06. The van der Waals surface area contributed by atoms with Crippen molar-refractivity contribution >= 4 is 17.4 Å². The molecule has 1 aliphatic rings. The Morgan fingerprint density at radius 3 is 2.43 bits per heavy atom. The number of carbonyl (C=O) groups is 1. The number of nitrogens with zero attached hydrogens (tertiary/aromatic N) is 2. The minimum absolute atomic E-state index is 0.216. The smallest absolute Gasteiger partial charge is 0.274 e. The van der Waals surface area contributed by atoms with Gasteiger partial charge in [-0.1, -0.05) is 18.9 Å². The van der Waals surface area contributed by atoms with Crippen LogP contribution in [-0.2, 0) is 0 Å². The molecule has 2 aromatic rings. The monoisotopic (exact) mass is 310 g/mol. The quantitative estimate of drug-likeness (QED) is 0.903. The molecule has 5 heteroatoms. The van der Waals surface area contributed by atoms with Crippen molar-refractivity contribution in [3.63, 3.8) is 0 Å². The Hall–Kier alpha value is -2.43. The molecule has 23 heavy (non-hydrogen) atoms. The normalized spacial score (nSPS) is 14.7. The van der Waals surface area contributed by atoms with Crippen LogP contribution in [0.15, 0.2) is 30.6 Å². The summed E-state index contributed by atoms with van der Waals surface area (Å²) in [7, 11) is 0. The predicted molar refractivity (Wildman–Crippen MR) is 91.8 cm³/mol. The first-order valence-corrected chi connectivity index (χ1v) is 8.08. The molecule has 1 aromatic heterocycles. The molecule has 1 amide bonds. The highest BCUT2D eigenvalue weighted by Crippen LogP contribution is 2.21. The van der Waals surface area contributed by atoms with E-state index in [1.54, 1.807) is 6.07 Å². The summed E-state index contributed by atoms with van der Waals surface area (Å²) in [6, 6.07) is 8.15. The van der Waals surface area contributed by atoms with Crippen molar-refractivity contribution in [2.75, 3.05) is 10.6 Å². The zero-order valence-electron chi connectivity index (χ0n) is 13.6. The Labute approximate surface area is 136 Å². The summed E-state index contributed by atoms with van der Waals surface area (Å²) in [6.07, 6.45) is 6.27. The fraction of sp³-hybridized carbons (Fsp3) is 0.389. The number of carbonyl (C=O) groups excluding carboxylic acids is 1. The van der Waals surface area contributed by atoms with Crippen molar-refractivity contribution in [3.05, 3.63) is 47.4 Å². The molecule has 3 rings (SSSR count). The molecule has 1 fully saturated rings. The van der Waals surface area contributed by atoms with Crippen LogP contribution in [0, 0.1) is 13.8 Å². The van der Waals surface area contributed by atoms with E-state index in [-0.39, 0.29) is 5.91 Å². The second-order valence-electron chi connectivity index (χ2n) is 6.24. The van der Waals surface area contributed by atoms with Crippen LogP contribution in [0.3, 0.4) is 0 Å². The van der Waals surface area contributed by atoms with Crippen molar-refractivity contribution in [2.24, 2.45) is 0 Å². The highest BCUT2D eigenvalue weighted by Gasteiger charge is 2.16. The molecule has 1 aromatic carbocycles. The first kappa shape index (κ1) is 15.5. The van der Waals surface area contributed by atoms with E-state index in [1.807, 2.05) is 26.0 Å². The van der Waals surface area contributed by atoms with E-state index < -0.39 is 0 Å². The van der Waals surface area contributed by atoms with Gasteiger partial charge in [-0.05, 0) is 49.9 Å². The van der Waals surface area contributed by atoms with Gasteiger partial charge in [0, 0.05) is 17.8 Å². The average Bonchev–Trinajstić information content (AvgIpc) is 2.99. The molecular formula is C18H22N4O. The van der Waals surface area contributed by atoms with Gasteiger partial charge >= 0.3 is 0 Å². The lowest BCUT2D eigenvalue weighted by atomic mass is 10.1. The molecule has 0 unspecified atom stereocenters. The maximum atomic E-state index is 12.4. The van der Waals surface area contributed by atoms with Gasteiger partial charge in [0.25, 0.3) is 5.91 Å². The first-order chi connectivity index (χ1) is 11.1. The standard InChI is InChI=1S/C18H22N4O/c1-12-7-13(2)9-15(8-12)22-18(23)16-10-17(20-11-19-16)21-14-5-3-4-6-14/h7-11,14H,3-6H2,1-2H3,(H,22,23)(H,19,20,21). The van der Waals surface area contributed by atoms with E-state index in [2.05, 4.69) is 26.7 Å². The lowest BCUT2D eigenvalue weighted by Crippen LogP contribution is -2.18. The molecule has 0 spiro atoms. The van der Waals surface area contributed by atoms with Gasteiger partial charge in [-0.3, -0.25) is 4.79 Å². The fourth-order valence-electron chi connectivity index (χ4n) is 3.08. The van der Waals surface area contributed by atoms with Crippen molar-refractivity contribution in [3.8, 4) is 0 Å². The number of aryl methyl sites for hydroxylation is 2. The van der Waals surface area contributed by atoms with Crippen molar-refractivity contribution in [1.29, 1.82) is 0 Å². The highest BCUT2D eigenvalue weighted by atomic mass is 16.1. The number of aromatic nitrogens is 2. The van der Waals surface area contributed by atoms with Gasteiger partial charge in [-0.15, -0.1) is 0 Å². The summed E-state index contributed by atoms with van der Waals surface area (Å²) >= 11 is 0. The minimum atomic E-state index is -0.216. The molecule has 120 valence electrons. The van der Waals surface area contributed by atoms with Crippen LogP contribution in [0.5, 0.6) is 0 Å². The van der Waals surface area contributed by atoms with Crippen molar-refractivity contribution in [1.82, 2.24) is 9.97 Å². The number of hydrogen-bond acceptors (Lipinski definition) is 4. The van der Waals surface area contributed by atoms with Crippen LogP contribution in [0.4, 0.5) is 11.5 Å². The molecule has 1 aliphatic carbocycles. The van der Waals surface area contributed by atoms with Crippen LogP contribution in [-0.4, -0.2) is 21.9 Å². The van der Waals surface area contributed by atoms with E-state index in [1.165, 1.54) is 19.2 Å². The molecule has 2 N–H and O–H groups in total. The van der Waals surface area contributed by atoms with Crippen LogP contribution in [0.1, 0.15) is 47.3 Å². The number of rotatable bonds is 4. The van der Waals surface area contributed by atoms with E-state index >= 15 is 0 Å². The Kier molecular flexibility index (Phi) is 4.55. The third-order valence-corrected chi connectivity index (χ3v) is 4.09. The second-order valence-corrected chi connectivity index (χ2v) is 6.24. The van der Waals surface area contributed by atoms with Crippen LogP contribution >= 0.6 is 0 Å². The van der Waals surface area contributed by atoms with Gasteiger partial charge < -0.3 is 10.6 Å². The molecule has 0 bridgehead atoms. The van der Waals surface area contributed by atoms with Gasteiger partial charge in [0.1, 0.15) is 17.8 Å². The number of anilines is 2. The topological polar surface area (TPSA) is 66.9 Å². The summed E-state index contributed by atoms with van der Waals surface area (Å²) in [5, 5.41) is 6.29. The molecule has 0 atom stereocenters. The zero-order chi connectivity index (χ0) is 16.2. The molecular weight excluding hydrogens is 288 g/mol. The Morgan fingerprint density at radius 2 is 1.74 bits per heavy atom. The summed E-state index contributed by atoms with van der Waals surface area (Å²) in [6.45, 7) is 4.02. The van der Waals surface area contributed by atoms with Gasteiger partial charge in [-0.25, -0.2) is 9.97 Å². The third-order valence-electron chi connectivity index (χ3n) is 4.09. The van der Waals surface area contributed by atoms with E-state index in [0.29, 0.717) is 11.7 Å². The van der Waals surface area contributed by atoms with Crippen LogP contribution in [0.25, 0.3) is 0 Å². The lowest BCUT2D eigenvalue weighted by Gasteiger charge is -2.13. The Bertz CT molecular complexity index is 688. The highest BCUT2D eigenvalue weighted by molar-refractivity contribution is 6.03. The Balaban J connectivity index is 1.71. The van der Waals surface area contributed by atoms with Gasteiger partial charge in [-0.2, -0.15) is 0 Å². The molecule has 1 heterocycles. The minimum Gasteiger partial charge on any atom is -0.367 e. The largest absolute Gasteiger partial charge is 0.367 e. The summed E-state index contributed by atoms with van der Waals surface area (Å²) in [5.41, 5.74) is 3.40. The molecule has 1 saturated carbocycles. The number of nitrogens with one attached hydrogen (secondary N) is 2. The van der Waals surface area contributed by atoms with Gasteiger partial charge in [0.2, 0.25) is 0 Å². The summed E-state index contributed by atoms with van der Waals surface area (Å²) in [4.78, 5) is 20.7. The van der Waals surface area contributed by atoms with Crippen LogP contribution < -0.4 is 10.6 Å². The van der Waals surface area contributed by atoms with Crippen molar-refractivity contribution < 1.29 is 4.79 Å².